The molecular weight excluding hydrogens is 233 g/mol. The fourth-order valence-corrected chi connectivity index (χ4v) is 1.42. The van der Waals surface area contributed by atoms with Crippen molar-refractivity contribution in [2.24, 2.45) is 0 Å². The number of carboxylic acid groups (broad SMARTS) is 1. The van der Waals surface area contributed by atoms with Crippen LogP contribution >= 0.6 is 0 Å². The Kier molecular flexibility index (Phi) is 4.88. The Morgan fingerprint density at radius 2 is 1.94 bits per heavy atom. The first-order valence-electron chi connectivity index (χ1n) is 4.45. The van der Waals surface area contributed by atoms with Crippen molar-refractivity contribution in [2.75, 3.05) is 0 Å². The summed E-state index contributed by atoms with van der Waals surface area (Å²) in [7, 11) is 0. The third-order valence-electron chi connectivity index (χ3n) is 2.12. The van der Waals surface area contributed by atoms with E-state index in [1.54, 1.807) is 19.1 Å². The van der Waals surface area contributed by atoms with Crippen molar-refractivity contribution in [1.29, 1.82) is 0 Å². The minimum atomic E-state index is -1.02. The fraction of sp³-hybridized carbons (Fsp3) is 0.0909. The van der Waals surface area contributed by atoms with Gasteiger partial charge in [0.1, 0.15) is 17.0 Å². The molecular formula is C11H9KNO3. The van der Waals surface area contributed by atoms with Crippen molar-refractivity contribution in [2.45, 2.75) is 6.92 Å². The monoisotopic (exact) mass is 242 g/mol. The SMILES string of the molecule is Cc1onc(-c2ccccc2)c1C(=O)O.[K]. The third-order valence-corrected chi connectivity index (χ3v) is 2.12. The molecule has 1 aromatic carbocycles. The Bertz CT molecular complexity index is 493. The summed E-state index contributed by atoms with van der Waals surface area (Å²) in [4.78, 5) is 11.0. The molecule has 0 saturated carbocycles. The van der Waals surface area contributed by atoms with Gasteiger partial charge in [0, 0.05) is 56.9 Å². The average molecular weight is 242 g/mol. The molecule has 2 aromatic rings. The number of hydrogen-bond donors (Lipinski definition) is 1. The molecule has 0 atom stereocenters. The van der Waals surface area contributed by atoms with Crippen molar-refractivity contribution in [3.05, 3.63) is 41.7 Å². The molecule has 1 heterocycles. The van der Waals surface area contributed by atoms with E-state index in [1.165, 1.54) is 0 Å². The second-order valence-electron chi connectivity index (χ2n) is 3.13. The van der Waals surface area contributed by atoms with Crippen molar-refractivity contribution in [3.8, 4) is 11.3 Å². The van der Waals surface area contributed by atoms with Crippen molar-refractivity contribution in [3.63, 3.8) is 0 Å². The number of carbonyl (C=O) groups is 1. The van der Waals surface area contributed by atoms with Crippen LogP contribution in [0.15, 0.2) is 34.9 Å². The number of aryl methyl sites for hydroxylation is 1. The van der Waals surface area contributed by atoms with Gasteiger partial charge in [-0.05, 0) is 6.92 Å². The largest absolute Gasteiger partial charge is 0.477 e. The number of nitrogens with zero attached hydrogens (tertiary/aromatic N) is 1. The first-order chi connectivity index (χ1) is 7.20. The maximum absolute atomic E-state index is 11.0. The predicted molar refractivity (Wildman–Crippen MR) is 59.4 cm³/mol. The zero-order valence-corrected chi connectivity index (χ0v) is 12.2. The molecule has 1 aromatic heterocycles. The van der Waals surface area contributed by atoms with Gasteiger partial charge in [0.25, 0.3) is 0 Å². The van der Waals surface area contributed by atoms with Crippen molar-refractivity contribution < 1.29 is 14.4 Å². The third kappa shape index (κ3) is 2.61. The summed E-state index contributed by atoms with van der Waals surface area (Å²) < 4.78 is 4.88. The summed E-state index contributed by atoms with van der Waals surface area (Å²) in [5.74, 6) is -0.700. The van der Waals surface area contributed by atoms with E-state index >= 15 is 0 Å². The molecule has 4 nitrogen and oxygen atoms in total. The Hall–Kier alpha value is -0.464. The molecule has 0 aliphatic heterocycles. The average Bonchev–Trinajstić information content (AvgIpc) is 2.61. The van der Waals surface area contributed by atoms with Gasteiger partial charge in [0.15, 0.2) is 0 Å². The Morgan fingerprint density at radius 1 is 1.31 bits per heavy atom. The molecule has 16 heavy (non-hydrogen) atoms. The van der Waals surface area contributed by atoms with Gasteiger partial charge in [-0.2, -0.15) is 0 Å². The van der Waals surface area contributed by atoms with Crippen LogP contribution in [0.2, 0.25) is 0 Å². The van der Waals surface area contributed by atoms with E-state index in [-0.39, 0.29) is 56.9 Å². The van der Waals surface area contributed by atoms with Crippen LogP contribution in [0.1, 0.15) is 16.1 Å². The summed E-state index contributed by atoms with van der Waals surface area (Å²) in [6, 6.07) is 9.10. The molecule has 0 saturated heterocycles. The summed E-state index contributed by atoms with van der Waals surface area (Å²) >= 11 is 0. The summed E-state index contributed by atoms with van der Waals surface area (Å²) in [6.07, 6.45) is 0. The van der Waals surface area contributed by atoms with Crippen LogP contribution < -0.4 is 0 Å². The van der Waals surface area contributed by atoms with Gasteiger partial charge >= 0.3 is 5.97 Å². The Morgan fingerprint density at radius 3 is 2.50 bits per heavy atom. The van der Waals surface area contributed by atoms with Crippen LogP contribution in [-0.4, -0.2) is 67.6 Å². The second kappa shape index (κ2) is 5.74. The quantitative estimate of drug-likeness (QED) is 0.818. The molecule has 0 bridgehead atoms. The number of hydrogen-bond acceptors (Lipinski definition) is 3. The number of rotatable bonds is 2. The molecule has 77 valence electrons. The Labute approximate surface area is 135 Å². The van der Waals surface area contributed by atoms with Gasteiger partial charge in [-0.3, -0.25) is 0 Å². The Balaban J connectivity index is 0.00000128. The van der Waals surface area contributed by atoms with Crippen LogP contribution in [0, 0.1) is 6.92 Å². The van der Waals surface area contributed by atoms with E-state index in [2.05, 4.69) is 5.16 Å². The van der Waals surface area contributed by atoms with Gasteiger partial charge < -0.3 is 9.63 Å². The number of aromatic nitrogens is 1. The van der Waals surface area contributed by atoms with Gasteiger partial charge in [0.2, 0.25) is 0 Å². The van der Waals surface area contributed by atoms with E-state index in [1.807, 2.05) is 18.2 Å². The van der Waals surface area contributed by atoms with E-state index < -0.39 is 5.97 Å². The zero-order chi connectivity index (χ0) is 10.8. The van der Waals surface area contributed by atoms with E-state index in [9.17, 15) is 4.79 Å². The first-order valence-corrected chi connectivity index (χ1v) is 4.45. The van der Waals surface area contributed by atoms with Crippen molar-refractivity contribution in [1.82, 2.24) is 5.16 Å². The smallest absolute Gasteiger partial charge is 0.341 e. The van der Waals surface area contributed by atoms with Crippen molar-refractivity contribution >= 4 is 57.4 Å². The molecule has 2 rings (SSSR count). The van der Waals surface area contributed by atoms with E-state index in [0.29, 0.717) is 11.5 Å². The molecule has 0 spiro atoms. The van der Waals surface area contributed by atoms with Crippen LogP contribution in [0.3, 0.4) is 0 Å². The second-order valence-corrected chi connectivity index (χ2v) is 3.13. The topological polar surface area (TPSA) is 63.3 Å². The number of carboxylic acids is 1. The molecule has 0 aliphatic rings. The van der Waals surface area contributed by atoms with Crippen LogP contribution in [0.25, 0.3) is 11.3 Å². The molecule has 0 fully saturated rings. The standard InChI is InChI=1S/C11H9NO3.K/c1-7-9(11(13)14)10(12-15-7)8-5-3-2-4-6-8;/h2-6H,1H3,(H,13,14);. The minimum Gasteiger partial charge on any atom is -0.477 e. The summed E-state index contributed by atoms with van der Waals surface area (Å²) in [5, 5.41) is 12.7. The maximum atomic E-state index is 11.0. The van der Waals surface area contributed by atoms with Gasteiger partial charge in [-0.15, -0.1) is 0 Å². The van der Waals surface area contributed by atoms with E-state index in [4.69, 9.17) is 9.63 Å². The molecule has 0 aliphatic carbocycles. The molecule has 1 radical (unpaired) electrons. The van der Waals surface area contributed by atoms with E-state index in [0.717, 1.165) is 5.56 Å². The fourth-order valence-electron chi connectivity index (χ4n) is 1.42. The molecule has 0 amide bonds. The predicted octanol–water partition coefficient (Wildman–Crippen LogP) is 1.97. The number of benzene rings is 1. The zero-order valence-electron chi connectivity index (χ0n) is 9.10. The van der Waals surface area contributed by atoms with Crippen LogP contribution in [0.5, 0.6) is 0 Å². The normalized spacial score (nSPS) is 9.56. The van der Waals surface area contributed by atoms with Gasteiger partial charge in [-0.25, -0.2) is 4.79 Å². The molecule has 0 unspecified atom stereocenters. The molecule has 5 heteroatoms. The number of aromatic carboxylic acids is 1. The summed E-state index contributed by atoms with van der Waals surface area (Å²) in [6.45, 7) is 1.59. The van der Waals surface area contributed by atoms with Crippen LogP contribution in [-0.2, 0) is 0 Å². The molecule has 1 N–H and O–H groups in total. The minimum absolute atomic E-state index is 0. The first kappa shape index (κ1) is 13.6. The maximum Gasteiger partial charge on any atom is 0.341 e. The van der Waals surface area contributed by atoms with Gasteiger partial charge in [-0.1, -0.05) is 35.5 Å². The summed E-state index contributed by atoms with van der Waals surface area (Å²) in [5.41, 5.74) is 1.24. The van der Waals surface area contributed by atoms with Gasteiger partial charge in [0.05, 0.1) is 0 Å². The van der Waals surface area contributed by atoms with Crippen LogP contribution in [0.4, 0.5) is 0 Å².